The van der Waals surface area contributed by atoms with Crippen molar-refractivity contribution in [2.24, 2.45) is 0 Å². The number of halogens is 4. The van der Waals surface area contributed by atoms with Gasteiger partial charge in [-0.2, -0.15) is 13.2 Å². The number of benzene rings is 1. The zero-order valence-corrected chi connectivity index (χ0v) is 15.6. The number of carboxylic acids is 1. The molecule has 156 valence electrons. The van der Waals surface area contributed by atoms with Gasteiger partial charge in [0.1, 0.15) is 28.7 Å². The molecule has 29 heavy (non-hydrogen) atoms. The number of hydrogen-bond donors (Lipinski definition) is 0. The molecule has 2 atom stereocenters. The van der Waals surface area contributed by atoms with Crippen LogP contribution in [0.15, 0.2) is 36.5 Å². The molecule has 1 aromatic carbocycles. The van der Waals surface area contributed by atoms with Crippen LogP contribution in [-0.2, 0) is 20.5 Å². The van der Waals surface area contributed by atoms with Crippen LogP contribution in [0, 0.1) is 0 Å². The third-order valence-corrected chi connectivity index (χ3v) is 3.89. The van der Waals surface area contributed by atoms with E-state index < -0.39 is 36.3 Å². The maximum absolute atomic E-state index is 12.6. The van der Waals surface area contributed by atoms with Crippen LogP contribution in [-0.4, -0.2) is 29.6 Å². The Hall–Kier alpha value is -3.01. The van der Waals surface area contributed by atoms with Crippen molar-refractivity contribution in [2.75, 3.05) is 0 Å². The second kappa shape index (κ2) is 9.46. The predicted octanol–water partition coefficient (Wildman–Crippen LogP) is 3.00. The Labute approximate surface area is 168 Å². The maximum Gasteiger partial charge on any atom is 0.417 e. The van der Waals surface area contributed by atoms with Gasteiger partial charge < -0.3 is 24.1 Å². The molecule has 2 aromatic rings. The lowest BCUT2D eigenvalue weighted by Gasteiger charge is -2.23. The van der Waals surface area contributed by atoms with Gasteiger partial charge in [-0.15, -0.1) is 0 Å². The molecule has 1 aromatic heterocycles. The molecule has 11 heteroatoms. The fraction of sp³-hybridized carbons (Fsp3) is 0.278. The number of aliphatic carboxylic acids is 1. The smallest absolute Gasteiger partial charge is 0.417 e. The highest BCUT2D eigenvalue weighted by Crippen LogP contribution is 2.35. The fourth-order valence-electron chi connectivity index (χ4n) is 2.20. The molecule has 0 amide bonds. The van der Waals surface area contributed by atoms with Crippen LogP contribution in [0.1, 0.15) is 18.9 Å². The molecule has 0 N–H and O–H groups in total. The average molecular weight is 433 g/mol. The van der Waals surface area contributed by atoms with Crippen molar-refractivity contribution < 1.29 is 42.1 Å². The predicted molar refractivity (Wildman–Crippen MR) is 91.4 cm³/mol. The number of pyridine rings is 1. The maximum atomic E-state index is 12.6. The van der Waals surface area contributed by atoms with Crippen molar-refractivity contribution >= 4 is 24.0 Å². The van der Waals surface area contributed by atoms with Gasteiger partial charge >= 0.3 is 6.18 Å². The highest BCUT2D eigenvalue weighted by atomic mass is 35.5. The molecule has 0 saturated carbocycles. The minimum Gasteiger partial charge on any atom is -0.550 e. The Morgan fingerprint density at radius 3 is 2.41 bits per heavy atom. The van der Waals surface area contributed by atoms with Gasteiger partial charge in [-0.05, 0) is 37.3 Å². The molecule has 0 radical (unpaired) electrons. The first-order chi connectivity index (χ1) is 13.6. The van der Waals surface area contributed by atoms with Crippen molar-refractivity contribution in [3.8, 4) is 17.4 Å². The van der Waals surface area contributed by atoms with Crippen LogP contribution >= 0.6 is 11.6 Å². The SMILES string of the molecule is CC(Oc1ccc(Oc2ncc(C(F)(F)F)cc2Cl)cc1)C(CC(=O)[O-])OC=O. The molecule has 0 bridgehead atoms. The summed E-state index contributed by atoms with van der Waals surface area (Å²) in [5, 5.41) is 10.4. The van der Waals surface area contributed by atoms with Crippen LogP contribution in [0.3, 0.4) is 0 Å². The number of carbonyl (C=O) groups excluding carboxylic acids is 2. The van der Waals surface area contributed by atoms with Crippen molar-refractivity contribution in [3.05, 3.63) is 47.1 Å². The van der Waals surface area contributed by atoms with Gasteiger partial charge in [0.15, 0.2) is 0 Å². The molecule has 0 fully saturated rings. The first-order valence-electron chi connectivity index (χ1n) is 8.06. The number of nitrogens with zero attached hydrogens (tertiary/aromatic N) is 1. The van der Waals surface area contributed by atoms with Gasteiger partial charge in [0.2, 0.25) is 5.88 Å². The van der Waals surface area contributed by atoms with E-state index in [-0.39, 0.29) is 23.1 Å². The summed E-state index contributed by atoms with van der Waals surface area (Å²) in [7, 11) is 0. The number of ether oxygens (including phenoxy) is 3. The van der Waals surface area contributed by atoms with Gasteiger partial charge in [-0.3, -0.25) is 4.79 Å². The van der Waals surface area contributed by atoms with Crippen molar-refractivity contribution in [2.45, 2.75) is 31.7 Å². The van der Waals surface area contributed by atoms with E-state index in [1.165, 1.54) is 31.2 Å². The molecule has 2 unspecified atom stereocenters. The van der Waals surface area contributed by atoms with Gasteiger partial charge in [-0.1, -0.05) is 11.6 Å². The lowest BCUT2D eigenvalue weighted by Crippen LogP contribution is -2.37. The summed E-state index contributed by atoms with van der Waals surface area (Å²) in [4.78, 5) is 24.8. The summed E-state index contributed by atoms with van der Waals surface area (Å²) >= 11 is 5.78. The largest absolute Gasteiger partial charge is 0.550 e. The number of carboxylic acid groups (broad SMARTS) is 1. The summed E-state index contributed by atoms with van der Waals surface area (Å²) in [6.07, 6.45) is -6.36. The summed E-state index contributed by atoms with van der Waals surface area (Å²) in [6.45, 7) is 1.62. The van der Waals surface area contributed by atoms with Crippen LogP contribution in [0.4, 0.5) is 13.2 Å². The molecule has 0 aliphatic heterocycles. The Bertz CT molecular complexity index is 860. The number of aromatic nitrogens is 1. The molecule has 0 saturated heterocycles. The summed E-state index contributed by atoms with van der Waals surface area (Å²) in [5.41, 5.74) is -1.00. The standard InChI is InChI=1S/C18H15ClF3NO6/c1-10(15(27-9-24)7-16(25)26)28-12-2-4-13(5-3-12)29-17-14(19)6-11(8-23-17)18(20,21)22/h2-6,8-10,15H,7H2,1H3,(H,25,26)/p-1. The fourth-order valence-corrected chi connectivity index (χ4v) is 2.41. The van der Waals surface area contributed by atoms with E-state index in [1.54, 1.807) is 0 Å². The first-order valence-corrected chi connectivity index (χ1v) is 8.44. The summed E-state index contributed by atoms with van der Waals surface area (Å²) < 4.78 is 53.4. The monoisotopic (exact) mass is 432 g/mol. The zero-order valence-electron chi connectivity index (χ0n) is 14.8. The molecule has 2 rings (SSSR count). The van der Waals surface area contributed by atoms with E-state index in [2.05, 4.69) is 9.72 Å². The lowest BCUT2D eigenvalue weighted by molar-refractivity contribution is -0.307. The Morgan fingerprint density at radius 2 is 1.90 bits per heavy atom. The van der Waals surface area contributed by atoms with E-state index in [1.807, 2.05) is 0 Å². The summed E-state index contributed by atoms with van der Waals surface area (Å²) in [6, 6.07) is 6.49. The second-order valence-corrected chi connectivity index (χ2v) is 6.16. The second-order valence-electron chi connectivity index (χ2n) is 5.75. The average Bonchev–Trinajstić information content (AvgIpc) is 2.63. The highest BCUT2D eigenvalue weighted by molar-refractivity contribution is 6.31. The lowest BCUT2D eigenvalue weighted by atomic mass is 10.1. The van der Waals surface area contributed by atoms with Gasteiger partial charge in [0.05, 0.1) is 5.56 Å². The third kappa shape index (κ3) is 6.53. The van der Waals surface area contributed by atoms with Crippen LogP contribution in [0.5, 0.6) is 17.4 Å². The third-order valence-electron chi connectivity index (χ3n) is 3.62. The van der Waals surface area contributed by atoms with Crippen molar-refractivity contribution in [1.29, 1.82) is 0 Å². The van der Waals surface area contributed by atoms with E-state index in [9.17, 15) is 27.9 Å². The molecule has 1 heterocycles. The van der Waals surface area contributed by atoms with E-state index in [4.69, 9.17) is 21.1 Å². The first kappa shape index (κ1) is 22.3. The molecule has 0 aliphatic carbocycles. The topological polar surface area (TPSA) is 97.8 Å². The highest BCUT2D eigenvalue weighted by Gasteiger charge is 2.31. The van der Waals surface area contributed by atoms with Crippen LogP contribution in [0.2, 0.25) is 5.02 Å². The van der Waals surface area contributed by atoms with Crippen LogP contribution in [0.25, 0.3) is 0 Å². The number of alkyl halides is 3. The Morgan fingerprint density at radius 1 is 1.28 bits per heavy atom. The van der Waals surface area contributed by atoms with Crippen molar-refractivity contribution in [1.82, 2.24) is 4.98 Å². The molecule has 7 nitrogen and oxygen atoms in total. The summed E-state index contributed by atoms with van der Waals surface area (Å²) in [5.74, 6) is -1.10. The van der Waals surface area contributed by atoms with E-state index >= 15 is 0 Å². The molecular weight excluding hydrogens is 419 g/mol. The normalized spacial score (nSPS) is 13.3. The number of carbonyl (C=O) groups is 2. The Balaban J connectivity index is 2.05. The quantitative estimate of drug-likeness (QED) is 0.562. The van der Waals surface area contributed by atoms with E-state index in [0.29, 0.717) is 18.0 Å². The zero-order chi connectivity index (χ0) is 21.6. The molecular formula is C18H14ClF3NO6-. The van der Waals surface area contributed by atoms with Crippen LogP contribution < -0.4 is 14.6 Å². The van der Waals surface area contributed by atoms with Crippen molar-refractivity contribution in [3.63, 3.8) is 0 Å². The molecule has 0 aliphatic rings. The van der Waals surface area contributed by atoms with Gasteiger partial charge in [-0.25, -0.2) is 4.98 Å². The minimum absolute atomic E-state index is 0.116. The number of hydrogen-bond acceptors (Lipinski definition) is 7. The number of rotatable bonds is 9. The minimum atomic E-state index is -4.58. The molecule has 0 spiro atoms. The van der Waals surface area contributed by atoms with Gasteiger partial charge in [0, 0.05) is 18.6 Å². The van der Waals surface area contributed by atoms with Gasteiger partial charge in [0.25, 0.3) is 6.47 Å². The Kier molecular flexibility index (Phi) is 7.27. The van der Waals surface area contributed by atoms with E-state index in [0.717, 1.165) is 0 Å².